The maximum Gasteiger partial charge on any atom is 0.255 e. The number of halogens is 1. The molecule has 2 amide bonds. The summed E-state index contributed by atoms with van der Waals surface area (Å²) in [6.07, 6.45) is 1.50. The first kappa shape index (κ1) is 18.1. The van der Waals surface area contributed by atoms with Crippen LogP contribution in [0, 0.1) is 5.82 Å². The van der Waals surface area contributed by atoms with E-state index in [1.807, 2.05) is 0 Å². The van der Waals surface area contributed by atoms with Crippen molar-refractivity contribution >= 4 is 23.2 Å². The van der Waals surface area contributed by atoms with Gasteiger partial charge in [0, 0.05) is 41.8 Å². The van der Waals surface area contributed by atoms with Crippen molar-refractivity contribution in [3.63, 3.8) is 0 Å². The highest BCUT2D eigenvalue weighted by Crippen LogP contribution is 2.15. The number of hydrogen-bond donors (Lipinski definition) is 2. The van der Waals surface area contributed by atoms with Crippen LogP contribution in [0.15, 0.2) is 71.7 Å². The number of aryl methyl sites for hydroxylation is 1. The van der Waals surface area contributed by atoms with Gasteiger partial charge in [0.25, 0.3) is 17.4 Å². The van der Waals surface area contributed by atoms with Crippen molar-refractivity contribution in [2.45, 2.75) is 0 Å². The van der Waals surface area contributed by atoms with Crippen LogP contribution in [0.2, 0.25) is 0 Å². The van der Waals surface area contributed by atoms with Crippen LogP contribution in [0.25, 0.3) is 0 Å². The normalized spacial score (nSPS) is 10.3. The number of rotatable bonds is 4. The molecule has 1 aromatic heterocycles. The summed E-state index contributed by atoms with van der Waals surface area (Å²) < 4.78 is 14.6. The number of benzene rings is 2. The third-order valence-corrected chi connectivity index (χ3v) is 3.83. The number of hydrogen-bond acceptors (Lipinski definition) is 3. The van der Waals surface area contributed by atoms with Crippen molar-refractivity contribution in [1.29, 1.82) is 0 Å². The Labute approximate surface area is 154 Å². The van der Waals surface area contributed by atoms with Gasteiger partial charge in [0.2, 0.25) is 0 Å². The van der Waals surface area contributed by atoms with Crippen LogP contribution in [-0.4, -0.2) is 16.4 Å². The lowest BCUT2D eigenvalue weighted by atomic mass is 10.1. The summed E-state index contributed by atoms with van der Waals surface area (Å²) >= 11 is 0. The Morgan fingerprint density at radius 1 is 0.852 bits per heavy atom. The van der Waals surface area contributed by atoms with Crippen LogP contribution < -0.4 is 16.2 Å². The fraction of sp³-hybridized carbons (Fsp3) is 0.0500. The quantitative estimate of drug-likeness (QED) is 0.746. The van der Waals surface area contributed by atoms with Gasteiger partial charge in [0.05, 0.1) is 0 Å². The summed E-state index contributed by atoms with van der Waals surface area (Å²) in [6.45, 7) is 0. The van der Waals surface area contributed by atoms with Crippen molar-refractivity contribution < 1.29 is 14.0 Å². The van der Waals surface area contributed by atoms with Gasteiger partial charge in [-0.3, -0.25) is 14.4 Å². The summed E-state index contributed by atoms with van der Waals surface area (Å²) in [6, 6.07) is 14.6. The summed E-state index contributed by atoms with van der Waals surface area (Å²) in [5.41, 5.74) is 0.932. The second-order valence-electron chi connectivity index (χ2n) is 5.86. The van der Waals surface area contributed by atoms with E-state index in [0.717, 1.165) is 0 Å². The zero-order chi connectivity index (χ0) is 19.4. The fourth-order valence-corrected chi connectivity index (χ4v) is 2.40. The van der Waals surface area contributed by atoms with E-state index in [1.54, 1.807) is 31.3 Å². The van der Waals surface area contributed by atoms with E-state index in [9.17, 15) is 18.8 Å². The Bertz CT molecular complexity index is 1080. The minimum Gasteiger partial charge on any atom is -0.322 e. The maximum atomic E-state index is 13.2. The molecule has 3 aromatic rings. The number of nitrogens with zero attached hydrogens (tertiary/aromatic N) is 1. The molecule has 7 heteroatoms. The zero-order valence-electron chi connectivity index (χ0n) is 14.4. The van der Waals surface area contributed by atoms with E-state index in [-0.39, 0.29) is 11.1 Å². The second kappa shape index (κ2) is 7.65. The van der Waals surface area contributed by atoms with Crippen LogP contribution in [0.5, 0.6) is 0 Å². The lowest BCUT2D eigenvalue weighted by Crippen LogP contribution is -2.20. The van der Waals surface area contributed by atoms with E-state index in [4.69, 9.17) is 0 Å². The lowest BCUT2D eigenvalue weighted by molar-refractivity contribution is 0.101. The molecule has 6 nitrogen and oxygen atoms in total. The van der Waals surface area contributed by atoms with E-state index in [0.29, 0.717) is 16.9 Å². The van der Waals surface area contributed by atoms with E-state index >= 15 is 0 Å². The molecule has 0 fully saturated rings. The largest absolute Gasteiger partial charge is 0.322 e. The molecule has 0 atom stereocenters. The Morgan fingerprint density at radius 2 is 1.44 bits per heavy atom. The molecular weight excluding hydrogens is 349 g/mol. The third-order valence-electron chi connectivity index (χ3n) is 3.83. The second-order valence-corrected chi connectivity index (χ2v) is 5.86. The summed E-state index contributed by atoms with van der Waals surface area (Å²) in [7, 11) is 1.59. The monoisotopic (exact) mass is 365 g/mol. The molecule has 27 heavy (non-hydrogen) atoms. The van der Waals surface area contributed by atoms with Gasteiger partial charge in [-0.05, 0) is 42.5 Å². The highest BCUT2D eigenvalue weighted by atomic mass is 19.1. The van der Waals surface area contributed by atoms with Gasteiger partial charge < -0.3 is 15.2 Å². The van der Waals surface area contributed by atoms with Crippen LogP contribution in [0.1, 0.15) is 20.7 Å². The molecule has 0 radical (unpaired) electrons. The van der Waals surface area contributed by atoms with Crippen LogP contribution in [0.3, 0.4) is 0 Å². The molecule has 2 N–H and O–H groups in total. The smallest absolute Gasteiger partial charge is 0.255 e. The molecule has 0 saturated heterocycles. The Morgan fingerprint density at radius 3 is 2.07 bits per heavy atom. The van der Waals surface area contributed by atoms with Crippen molar-refractivity contribution in [1.82, 2.24) is 4.57 Å². The molecule has 0 saturated carbocycles. The highest BCUT2D eigenvalue weighted by Gasteiger charge is 2.11. The Kier molecular flexibility index (Phi) is 5.12. The van der Waals surface area contributed by atoms with Crippen molar-refractivity contribution in [3.8, 4) is 0 Å². The first-order chi connectivity index (χ1) is 12.9. The average molecular weight is 365 g/mol. The predicted molar refractivity (Wildman–Crippen MR) is 100 cm³/mol. The van der Waals surface area contributed by atoms with Gasteiger partial charge in [-0.2, -0.15) is 0 Å². The molecule has 0 unspecified atom stereocenters. The Hall–Kier alpha value is -3.74. The fourth-order valence-electron chi connectivity index (χ4n) is 2.40. The van der Waals surface area contributed by atoms with E-state index in [1.165, 1.54) is 47.2 Å². The molecule has 0 bridgehead atoms. The van der Waals surface area contributed by atoms with Gasteiger partial charge in [0.15, 0.2) is 0 Å². The van der Waals surface area contributed by atoms with Crippen molar-refractivity contribution in [2.75, 3.05) is 10.6 Å². The zero-order valence-corrected chi connectivity index (χ0v) is 14.4. The summed E-state index contributed by atoms with van der Waals surface area (Å²) in [4.78, 5) is 36.3. The average Bonchev–Trinajstić information content (AvgIpc) is 2.64. The minimum atomic E-state index is -0.463. The molecule has 0 spiro atoms. The third kappa shape index (κ3) is 4.46. The van der Waals surface area contributed by atoms with Crippen LogP contribution in [0.4, 0.5) is 15.8 Å². The number of carbonyl (C=O) groups is 2. The van der Waals surface area contributed by atoms with Gasteiger partial charge in [-0.1, -0.05) is 12.1 Å². The molecule has 0 aliphatic heterocycles. The summed E-state index contributed by atoms with van der Waals surface area (Å²) in [5.74, 6) is -1.36. The standard InChI is InChI=1S/C20H16FN3O3/c1-24-9-8-14(11-18(24)25)20(27)22-16-6-2-4-13(10-16)19(26)23-17-7-3-5-15(21)12-17/h2-12H,1H3,(H,22,27)(H,23,26). The molecule has 2 aromatic carbocycles. The van der Waals surface area contributed by atoms with E-state index < -0.39 is 17.6 Å². The predicted octanol–water partition coefficient (Wildman–Crippen LogP) is 3.03. The van der Waals surface area contributed by atoms with Gasteiger partial charge >= 0.3 is 0 Å². The molecule has 136 valence electrons. The minimum absolute atomic E-state index is 0.215. The number of anilines is 2. The van der Waals surface area contributed by atoms with Gasteiger partial charge in [-0.25, -0.2) is 4.39 Å². The molecule has 3 rings (SSSR count). The highest BCUT2D eigenvalue weighted by molar-refractivity contribution is 6.07. The molecule has 0 aliphatic rings. The first-order valence-electron chi connectivity index (χ1n) is 8.07. The number of amides is 2. The van der Waals surface area contributed by atoms with Crippen LogP contribution in [-0.2, 0) is 7.05 Å². The van der Waals surface area contributed by atoms with Gasteiger partial charge in [-0.15, -0.1) is 0 Å². The number of carbonyl (C=O) groups excluding carboxylic acids is 2. The number of nitrogens with one attached hydrogen (secondary N) is 2. The summed E-state index contributed by atoms with van der Waals surface area (Å²) in [5, 5.41) is 5.24. The van der Waals surface area contributed by atoms with E-state index in [2.05, 4.69) is 10.6 Å². The molecule has 1 heterocycles. The molecule has 0 aliphatic carbocycles. The van der Waals surface area contributed by atoms with Crippen LogP contribution >= 0.6 is 0 Å². The Balaban J connectivity index is 1.74. The van der Waals surface area contributed by atoms with Gasteiger partial charge in [0.1, 0.15) is 5.82 Å². The topological polar surface area (TPSA) is 80.2 Å². The van der Waals surface area contributed by atoms with Crippen molar-refractivity contribution in [3.05, 3.63) is 94.2 Å². The first-order valence-corrected chi connectivity index (χ1v) is 8.07. The lowest BCUT2D eigenvalue weighted by Gasteiger charge is -2.09. The number of aromatic nitrogens is 1. The molecular formula is C20H16FN3O3. The number of pyridine rings is 1. The van der Waals surface area contributed by atoms with Crippen molar-refractivity contribution in [2.24, 2.45) is 7.05 Å². The maximum absolute atomic E-state index is 13.2. The SMILES string of the molecule is Cn1ccc(C(=O)Nc2cccc(C(=O)Nc3cccc(F)c3)c2)cc1=O.